The second-order valence-electron chi connectivity index (χ2n) is 9.77. The lowest BCUT2D eigenvalue weighted by Crippen LogP contribution is -2.53. The molecule has 0 aliphatic rings. The van der Waals surface area contributed by atoms with Crippen LogP contribution in [0.5, 0.6) is 0 Å². The second-order valence-corrected chi connectivity index (χ2v) is 11.6. The van der Waals surface area contributed by atoms with E-state index >= 15 is 0 Å². The number of amides is 2. The molecule has 0 saturated heterocycles. The molecule has 0 bridgehead atoms. The summed E-state index contributed by atoms with van der Waals surface area (Å²) in [4.78, 5) is 29.1. The van der Waals surface area contributed by atoms with Crippen molar-refractivity contribution in [1.29, 1.82) is 0 Å². The maximum absolute atomic E-state index is 14.9. The highest BCUT2D eigenvalue weighted by molar-refractivity contribution is 7.92. The fraction of sp³-hybridized carbons (Fsp3) is 0.212. The van der Waals surface area contributed by atoms with Crippen LogP contribution in [0.3, 0.4) is 0 Å². The third kappa shape index (κ3) is 7.61. The highest BCUT2D eigenvalue weighted by Crippen LogP contribution is 2.25. The molecule has 42 heavy (non-hydrogen) atoms. The molecule has 1 atom stereocenters. The van der Waals surface area contributed by atoms with Crippen molar-refractivity contribution in [2.24, 2.45) is 0 Å². The average Bonchev–Trinajstić information content (AvgIpc) is 3.02. The van der Waals surface area contributed by atoms with E-state index in [9.17, 15) is 22.4 Å². The summed E-state index contributed by atoms with van der Waals surface area (Å²) in [7, 11) is -4.17. The van der Waals surface area contributed by atoms with Gasteiger partial charge in [-0.05, 0) is 42.3 Å². The van der Waals surface area contributed by atoms with Crippen LogP contribution in [0, 0.1) is 5.82 Å². The molecule has 0 heterocycles. The van der Waals surface area contributed by atoms with Gasteiger partial charge in [-0.3, -0.25) is 13.9 Å². The molecular formula is C33H34FN3O4S. The van der Waals surface area contributed by atoms with Gasteiger partial charge in [-0.15, -0.1) is 0 Å². The summed E-state index contributed by atoms with van der Waals surface area (Å²) in [5.74, 6) is -1.57. The van der Waals surface area contributed by atoms with Gasteiger partial charge in [0.25, 0.3) is 10.0 Å². The fourth-order valence-electron chi connectivity index (χ4n) is 4.57. The lowest BCUT2D eigenvalue weighted by atomic mass is 10.0. The number of nitrogens with zero attached hydrogens (tertiary/aromatic N) is 2. The van der Waals surface area contributed by atoms with Crippen molar-refractivity contribution < 1.29 is 22.4 Å². The lowest BCUT2D eigenvalue weighted by molar-refractivity contribution is -0.140. The molecule has 9 heteroatoms. The zero-order valence-electron chi connectivity index (χ0n) is 23.4. The van der Waals surface area contributed by atoms with Crippen LogP contribution in [0.2, 0.25) is 0 Å². The number of carbonyl (C=O) groups excluding carboxylic acids is 2. The molecular weight excluding hydrogens is 553 g/mol. The monoisotopic (exact) mass is 587 g/mol. The number of halogens is 1. The van der Waals surface area contributed by atoms with E-state index in [1.165, 1.54) is 23.1 Å². The summed E-state index contributed by atoms with van der Waals surface area (Å²) in [5, 5.41) is 2.87. The van der Waals surface area contributed by atoms with Crippen LogP contribution >= 0.6 is 0 Å². The number of hydrogen-bond acceptors (Lipinski definition) is 4. The van der Waals surface area contributed by atoms with E-state index in [1.54, 1.807) is 66.7 Å². The van der Waals surface area contributed by atoms with Crippen molar-refractivity contribution in [3.63, 3.8) is 0 Å². The summed E-state index contributed by atoms with van der Waals surface area (Å²) < 4.78 is 43.6. The fourth-order valence-corrected chi connectivity index (χ4v) is 6.01. The molecule has 2 amide bonds. The minimum Gasteiger partial charge on any atom is -0.354 e. The van der Waals surface area contributed by atoms with Gasteiger partial charge in [0.15, 0.2) is 0 Å². The van der Waals surface area contributed by atoms with Gasteiger partial charge >= 0.3 is 0 Å². The Morgan fingerprint density at radius 3 is 2.00 bits per heavy atom. The number of benzene rings is 4. The van der Waals surface area contributed by atoms with Crippen LogP contribution in [0.4, 0.5) is 10.1 Å². The first-order valence-electron chi connectivity index (χ1n) is 13.8. The van der Waals surface area contributed by atoms with Crippen molar-refractivity contribution in [3.05, 3.63) is 132 Å². The summed E-state index contributed by atoms with van der Waals surface area (Å²) >= 11 is 0. The van der Waals surface area contributed by atoms with Crippen LogP contribution in [-0.4, -0.2) is 44.3 Å². The Morgan fingerprint density at radius 2 is 1.38 bits per heavy atom. The number of rotatable bonds is 13. The topological polar surface area (TPSA) is 86.8 Å². The quantitative estimate of drug-likeness (QED) is 0.233. The Bertz CT molecular complexity index is 1570. The number of nitrogens with one attached hydrogen (secondary N) is 1. The van der Waals surface area contributed by atoms with Crippen molar-refractivity contribution in [1.82, 2.24) is 10.2 Å². The molecule has 1 N–H and O–H groups in total. The third-order valence-corrected chi connectivity index (χ3v) is 8.56. The zero-order valence-corrected chi connectivity index (χ0v) is 24.2. The van der Waals surface area contributed by atoms with E-state index in [0.29, 0.717) is 13.0 Å². The molecule has 0 unspecified atom stereocenters. The van der Waals surface area contributed by atoms with Gasteiger partial charge in [-0.1, -0.05) is 91.9 Å². The number of carbonyl (C=O) groups is 2. The van der Waals surface area contributed by atoms with E-state index < -0.39 is 40.2 Å². The molecule has 0 aliphatic carbocycles. The molecule has 7 nitrogen and oxygen atoms in total. The summed E-state index contributed by atoms with van der Waals surface area (Å²) in [5.41, 5.74) is 1.30. The summed E-state index contributed by atoms with van der Waals surface area (Å²) in [6.07, 6.45) is 0.843. The molecule has 0 radical (unpaired) electrons. The largest absolute Gasteiger partial charge is 0.354 e. The maximum atomic E-state index is 14.9. The van der Waals surface area contributed by atoms with E-state index in [4.69, 9.17) is 0 Å². The molecule has 0 aromatic heterocycles. The minimum atomic E-state index is -4.17. The Morgan fingerprint density at radius 1 is 0.810 bits per heavy atom. The maximum Gasteiger partial charge on any atom is 0.264 e. The van der Waals surface area contributed by atoms with E-state index in [2.05, 4.69) is 5.32 Å². The van der Waals surface area contributed by atoms with E-state index in [0.717, 1.165) is 9.87 Å². The van der Waals surface area contributed by atoms with Crippen molar-refractivity contribution in [3.8, 4) is 0 Å². The average molecular weight is 588 g/mol. The predicted molar refractivity (Wildman–Crippen MR) is 162 cm³/mol. The Hall–Kier alpha value is -4.50. The van der Waals surface area contributed by atoms with Gasteiger partial charge in [0.1, 0.15) is 18.4 Å². The van der Waals surface area contributed by atoms with Crippen molar-refractivity contribution >= 4 is 27.5 Å². The molecule has 0 saturated carbocycles. The number of hydrogen-bond donors (Lipinski definition) is 1. The normalized spacial score (nSPS) is 11.9. The summed E-state index contributed by atoms with van der Waals surface area (Å²) in [6, 6.07) is 30.4. The Kier molecular flexibility index (Phi) is 10.4. The van der Waals surface area contributed by atoms with Crippen LogP contribution in [-0.2, 0) is 32.6 Å². The van der Waals surface area contributed by atoms with Gasteiger partial charge in [-0.25, -0.2) is 12.8 Å². The molecule has 4 rings (SSSR count). The third-order valence-electron chi connectivity index (χ3n) is 6.77. The molecule has 4 aromatic rings. The minimum absolute atomic E-state index is 0.0174. The van der Waals surface area contributed by atoms with Gasteiger partial charge in [0, 0.05) is 25.1 Å². The highest BCUT2D eigenvalue weighted by Gasteiger charge is 2.34. The molecule has 4 aromatic carbocycles. The first-order valence-corrected chi connectivity index (χ1v) is 15.2. The first-order chi connectivity index (χ1) is 20.3. The number of sulfonamides is 1. The molecule has 0 fully saturated rings. The van der Waals surface area contributed by atoms with Gasteiger partial charge in [-0.2, -0.15) is 0 Å². The second kappa shape index (κ2) is 14.4. The zero-order chi connectivity index (χ0) is 30.0. The lowest BCUT2D eigenvalue weighted by Gasteiger charge is -2.34. The molecule has 218 valence electrons. The first kappa shape index (κ1) is 30.5. The highest BCUT2D eigenvalue weighted by atomic mass is 32.2. The van der Waals surface area contributed by atoms with Gasteiger partial charge in [0.05, 0.1) is 10.6 Å². The SMILES string of the molecule is CCCNC(=O)[C@@H](Cc1ccccc1)N(Cc1ccccc1F)C(=O)CN(c1ccccc1)S(=O)(=O)c1ccccc1. The van der Waals surface area contributed by atoms with E-state index in [-0.39, 0.29) is 29.1 Å². The van der Waals surface area contributed by atoms with Gasteiger partial charge < -0.3 is 10.2 Å². The predicted octanol–water partition coefficient (Wildman–Crippen LogP) is 5.19. The van der Waals surface area contributed by atoms with E-state index in [1.807, 2.05) is 37.3 Å². The van der Waals surface area contributed by atoms with Crippen LogP contribution in [0.1, 0.15) is 24.5 Å². The molecule has 0 spiro atoms. The van der Waals surface area contributed by atoms with Crippen LogP contribution in [0.15, 0.2) is 120 Å². The Balaban J connectivity index is 1.78. The van der Waals surface area contributed by atoms with Gasteiger partial charge in [0.2, 0.25) is 11.8 Å². The summed E-state index contributed by atoms with van der Waals surface area (Å²) in [6.45, 7) is 1.49. The van der Waals surface area contributed by atoms with Crippen LogP contribution in [0.25, 0.3) is 0 Å². The number of para-hydroxylation sites is 1. The van der Waals surface area contributed by atoms with Crippen molar-refractivity contribution in [2.45, 2.75) is 37.2 Å². The van der Waals surface area contributed by atoms with Crippen LogP contribution < -0.4 is 9.62 Å². The smallest absolute Gasteiger partial charge is 0.264 e. The Labute approximate surface area is 246 Å². The standard InChI is InChI=1S/C33H34FN3O4S/c1-2-22-35-33(39)31(23-26-14-6-3-7-15-26)36(24-27-16-12-13-21-30(27)34)32(38)25-37(28-17-8-4-9-18-28)42(40,41)29-19-10-5-11-20-29/h3-21,31H,2,22-25H2,1H3,(H,35,39)/t31-/m1/s1. The molecule has 0 aliphatic heterocycles. The number of anilines is 1. The van der Waals surface area contributed by atoms with Crippen molar-refractivity contribution in [2.75, 3.05) is 17.4 Å².